The fourth-order valence-electron chi connectivity index (χ4n) is 2.67. The summed E-state index contributed by atoms with van der Waals surface area (Å²) in [5.41, 5.74) is 2.43. The summed E-state index contributed by atoms with van der Waals surface area (Å²) in [6.07, 6.45) is 7.78. The SMILES string of the molecule is Cc1c(CNC2CCCCCC2C#N)cnn1C. The third kappa shape index (κ3) is 2.91. The third-order valence-electron chi connectivity index (χ3n) is 4.07. The molecule has 4 nitrogen and oxygen atoms in total. The Balaban J connectivity index is 1.95. The van der Waals surface area contributed by atoms with E-state index < -0.39 is 0 Å². The number of hydrogen-bond donors (Lipinski definition) is 1. The summed E-state index contributed by atoms with van der Waals surface area (Å²) in [7, 11) is 1.96. The maximum absolute atomic E-state index is 9.24. The average molecular weight is 246 g/mol. The monoisotopic (exact) mass is 246 g/mol. The van der Waals surface area contributed by atoms with Crippen molar-refractivity contribution in [1.82, 2.24) is 15.1 Å². The van der Waals surface area contributed by atoms with Crippen molar-refractivity contribution in [2.45, 2.75) is 51.6 Å². The van der Waals surface area contributed by atoms with Crippen molar-refractivity contribution in [3.05, 3.63) is 17.5 Å². The van der Waals surface area contributed by atoms with Crippen LogP contribution < -0.4 is 5.32 Å². The minimum Gasteiger partial charge on any atom is -0.308 e. The molecule has 18 heavy (non-hydrogen) atoms. The lowest BCUT2D eigenvalue weighted by atomic mass is 9.96. The molecular formula is C14H22N4. The van der Waals surface area contributed by atoms with Crippen molar-refractivity contribution >= 4 is 0 Å². The number of aromatic nitrogens is 2. The van der Waals surface area contributed by atoms with Crippen molar-refractivity contribution in [1.29, 1.82) is 5.26 Å². The van der Waals surface area contributed by atoms with Gasteiger partial charge >= 0.3 is 0 Å². The summed E-state index contributed by atoms with van der Waals surface area (Å²) < 4.78 is 1.89. The number of rotatable bonds is 3. The molecule has 98 valence electrons. The van der Waals surface area contributed by atoms with Crippen molar-refractivity contribution in [2.75, 3.05) is 0 Å². The van der Waals surface area contributed by atoms with Crippen LogP contribution in [-0.2, 0) is 13.6 Å². The third-order valence-corrected chi connectivity index (χ3v) is 4.07. The highest BCUT2D eigenvalue weighted by Crippen LogP contribution is 2.23. The molecule has 1 fully saturated rings. The summed E-state index contributed by atoms with van der Waals surface area (Å²) in [6, 6.07) is 2.81. The van der Waals surface area contributed by atoms with E-state index in [1.807, 2.05) is 17.9 Å². The van der Waals surface area contributed by atoms with Gasteiger partial charge in [0, 0.05) is 30.9 Å². The van der Waals surface area contributed by atoms with E-state index in [2.05, 4.69) is 23.4 Å². The summed E-state index contributed by atoms with van der Waals surface area (Å²) in [6.45, 7) is 2.90. The molecule has 2 atom stereocenters. The van der Waals surface area contributed by atoms with Crippen LogP contribution in [0.3, 0.4) is 0 Å². The van der Waals surface area contributed by atoms with E-state index in [-0.39, 0.29) is 5.92 Å². The summed E-state index contributed by atoms with van der Waals surface area (Å²) >= 11 is 0. The lowest BCUT2D eigenvalue weighted by Crippen LogP contribution is -2.34. The maximum atomic E-state index is 9.24. The van der Waals surface area contributed by atoms with Crippen LogP contribution in [0.15, 0.2) is 6.20 Å². The van der Waals surface area contributed by atoms with Gasteiger partial charge in [-0.25, -0.2) is 0 Å². The van der Waals surface area contributed by atoms with Gasteiger partial charge in [-0.3, -0.25) is 4.68 Å². The molecule has 1 aromatic heterocycles. The molecule has 0 radical (unpaired) electrons. The minimum absolute atomic E-state index is 0.171. The van der Waals surface area contributed by atoms with E-state index in [9.17, 15) is 5.26 Å². The minimum atomic E-state index is 0.171. The predicted molar refractivity (Wildman–Crippen MR) is 70.8 cm³/mol. The summed E-state index contributed by atoms with van der Waals surface area (Å²) in [5, 5.41) is 17.0. The molecule has 0 saturated heterocycles. The van der Waals surface area contributed by atoms with Gasteiger partial charge in [-0.15, -0.1) is 0 Å². The Morgan fingerprint density at radius 3 is 2.89 bits per heavy atom. The zero-order valence-corrected chi connectivity index (χ0v) is 11.3. The smallest absolute Gasteiger partial charge is 0.0672 e. The second kappa shape index (κ2) is 6.01. The molecular weight excluding hydrogens is 224 g/mol. The molecule has 4 heteroatoms. The molecule has 1 aliphatic carbocycles. The van der Waals surface area contributed by atoms with Gasteiger partial charge in [0.15, 0.2) is 0 Å². The highest BCUT2D eigenvalue weighted by atomic mass is 15.3. The van der Waals surface area contributed by atoms with E-state index in [1.54, 1.807) is 0 Å². The molecule has 1 saturated carbocycles. The second-order valence-corrected chi connectivity index (χ2v) is 5.24. The first-order chi connectivity index (χ1) is 8.72. The number of nitriles is 1. The average Bonchev–Trinajstić information content (AvgIpc) is 2.59. The first kappa shape index (κ1) is 13.1. The van der Waals surface area contributed by atoms with Gasteiger partial charge in [0.05, 0.1) is 18.2 Å². The van der Waals surface area contributed by atoms with Gasteiger partial charge in [-0.05, 0) is 19.8 Å². The van der Waals surface area contributed by atoms with Gasteiger partial charge in [0.25, 0.3) is 0 Å². The summed E-state index contributed by atoms with van der Waals surface area (Å²) in [4.78, 5) is 0. The molecule has 0 bridgehead atoms. The molecule has 0 aliphatic heterocycles. The topological polar surface area (TPSA) is 53.6 Å². The largest absolute Gasteiger partial charge is 0.308 e. The Bertz CT molecular complexity index is 429. The van der Waals surface area contributed by atoms with Crippen molar-refractivity contribution in [2.24, 2.45) is 13.0 Å². The quantitative estimate of drug-likeness (QED) is 0.833. The van der Waals surface area contributed by atoms with Crippen LogP contribution in [0.5, 0.6) is 0 Å². The zero-order chi connectivity index (χ0) is 13.0. The molecule has 1 aromatic rings. The van der Waals surface area contributed by atoms with Gasteiger partial charge in [-0.2, -0.15) is 10.4 Å². The van der Waals surface area contributed by atoms with Crippen molar-refractivity contribution in [3.8, 4) is 6.07 Å². The molecule has 0 amide bonds. The van der Waals surface area contributed by atoms with Crippen LogP contribution in [0.25, 0.3) is 0 Å². The second-order valence-electron chi connectivity index (χ2n) is 5.24. The molecule has 1 aliphatic rings. The van der Waals surface area contributed by atoms with Gasteiger partial charge in [-0.1, -0.05) is 19.3 Å². The van der Waals surface area contributed by atoms with E-state index in [0.29, 0.717) is 6.04 Å². The number of nitrogens with zero attached hydrogens (tertiary/aromatic N) is 3. The highest BCUT2D eigenvalue weighted by molar-refractivity contribution is 5.15. The zero-order valence-electron chi connectivity index (χ0n) is 11.3. The Kier molecular flexibility index (Phi) is 4.38. The number of aryl methyl sites for hydroxylation is 1. The maximum Gasteiger partial charge on any atom is 0.0672 e. The molecule has 0 spiro atoms. The Morgan fingerprint density at radius 2 is 2.22 bits per heavy atom. The standard InChI is InChI=1S/C14H22N4/c1-11-13(10-17-18(11)2)9-16-14-7-5-3-4-6-12(14)8-15/h10,12,14,16H,3-7,9H2,1-2H3. The Labute approximate surface area is 109 Å². The van der Waals surface area contributed by atoms with E-state index in [0.717, 1.165) is 19.4 Å². The van der Waals surface area contributed by atoms with Crippen LogP contribution in [0, 0.1) is 24.2 Å². The van der Waals surface area contributed by atoms with Crippen LogP contribution in [0.4, 0.5) is 0 Å². The fourth-order valence-corrected chi connectivity index (χ4v) is 2.67. The molecule has 0 aromatic carbocycles. The van der Waals surface area contributed by atoms with E-state index in [4.69, 9.17) is 0 Å². The molecule has 2 rings (SSSR count). The van der Waals surface area contributed by atoms with E-state index >= 15 is 0 Å². The van der Waals surface area contributed by atoms with Crippen LogP contribution in [0.1, 0.15) is 43.4 Å². The molecule has 2 unspecified atom stereocenters. The van der Waals surface area contributed by atoms with Crippen LogP contribution >= 0.6 is 0 Å². The first-order valence-electron chi connectivity index (χ1n) is 6.83. The highest BCUT2D eigenvalue weighted by Gasteiger charge is 2.23. The lowest BCUT2D eigenvalue weighted by molar-refractivity contribution is 0.393. The van der Waals surface area contributed by atoms with Gasteiger partial charge in [0.1, 0.15) is 0 Å². The Morgan fingerprint density at radius 1 is 1.44 bits per heavy atom. The first-order valence-corrected chi connectivity index (χ1v) is 6.83. The van der Waals surface area contributed by atoms with Crippen molar-refractivity contribution in [3.63, 3.8) is 0 Å². The number of nitrogens with one attached hydrogen (secondary N) is 1. The Hall–Kier alpha value is -1.34. The van der Waals surface area contributed by atoms with Gasteiger partial charge in [0.2, 0.25) is 0 Å². The van der Waals surface area contributed by atoms with Gasteiger partial charge < -0.3 is 5.32 Å². The van der Waals surface area contributed by atoms with Crippen molar-refractivity contribution < 1.29 is 0 Å². The lowest BCUT2D eigenvalue weighted by Gasteiger charge is -2.20. The van der Waals surface area contributed by atoms with Crippen LogP contribution in [0.2, 0.25) is 0 Å². The summed E-state index contributed by atoms with van der Waals surface area (Å²) in [5.74, 6) is 0.171. The fraction of sp³-hybridized carbons (Fsp3) is 0.714. The van der Waals surface area contributed by atoms with Crippen LogP contribution in [-0.4, -0.2) is 15.8 Å². The molecule has 1 N–H and O–H groups in total. The predicted octanol–water partition coefficient (Wildman–Crippen LogP) is 2.29. The normalized spacial score (nSPS) is 24.5. The molecule has 1 heterocycles. The van der Waals surface area contributed by atoms with E-state index in [1.165, 1.54) is 30.5 Å². The number of hydrogen-bond acceptors (Lipinski definition) is 3.